The summed E-state index contributed by atoms with van der Waals surface area (Å²) in [5, 5.41) is 11.0. The van der Waals surface area contributed by atoms with Gasteiger partial charge < -0.3 is 9.84 Å². The molecule has 1 aliphatic carbocycles. The molecule has 3 atom stereocenters. The van der Waals surface area contributed by atoms with Gasteiger partial charge in [0.25, 0.3) is 0 Å². The van der Waals surface area contributed by atoms with Gasteiger partial charge in [-0.25, -0.2) is 0 Å². The Hall–Kier alpha value is -0.880. The number of carbonyl (C=O) groups excluding carboxylic acids is 2. The first kappa shape index (κ1) is 19.4. The van der Waals surface area contributed by atoms with Gasteiger partial charge in [0.1, 0.15) is 10.4 Å². The predicted molar refractivity (Wildman–Crippen MR) is 95.7 cm³/mol. The van der Waals surface area contributed by atoms with Crippen LogP contribution in [0.15, 0.2) is 39.3 Å². The number of Topliss-reactive ketones (excluding diaryl/α,β-unsaturated/α-hetero) is 1. The Morgan fingerprint density at radius 3 is 2.79 bits per heavy atom. The summed E-state index contributed by atoms with van der Waals surface area (Å²) >= 11 is 14.8. The molecule has 7 heteroatoms. The summed E-state index contributed by atoms with van der Waals surface area (Å²) in [7, 11) is 0. The van der Waals surface area contributed by atoms with Crippen molar-refractivity contribution in [2.24, 2.45) is 11.8 Å². The first-order chi connectivity index (χ1) is 11.3. The van der Waals surface area contributed by atoms with Crippen molar-refractivity contribution in [3.63, 3.8) is 0 Å². The highest BCUT2D eigenvalue weighted by molar-refractivity contribution is 9.10. The normalized spacial score (nSPS) is 26.8. The van der Waals surface area contributed by atoms with Crippen LogP contribution in [0.4, 0.5) is 0 Å². The van der Waals surface area contributed by atoms with E-state index in [-0.39, 0.29) is 23.9 Å². The second-order valence-electron chi connectivity index (χ2n) is 5.74. The SMILES string of the molecule is CCOC(=O)[C@@H]1C(=O)C[C@@](O)(c2cccc(Br)c2)C[C@H]1C=C(Cl)Cl. The summed E-state index contributed by atoms with van der Waals surface area (Å²) in [6, 6.07) is 7.09. The highest BCUT2D eigenvalue weighted by atomic mass is 79.9. The number of rotatable bonds is 4. The van der Waals surface area contributed by atoms with E-state index < -0.39 is 29.2 Å². The van der Waals surface area contributed by atoms with Crippen LogP contribution in [0, 0.1) is 11.8 Å². The number of carbonyl (C=O) groups is 2. The minimum Gasteiger partial charge on any atom is -0.465 e. The fourth-order valence-electron chi connectivity index (χ4n) is 3.07. The average molecular weight is 436 g/mol. The standard InChI is InChI=1S/C17H17BrCl2O4/c1-2-24-16(22)15-10(6-14(19)20)8-17(23,9-13(15)21)11-4-3-5-12(18)7-11/h3-7,10,15,23H,2,8-9H2,1H3/t10-,15+,17-/m1/s1. The largest absolute Gasteiger partial charge is 0.465 e. The molecule has 0 aromatic heterocycles. The Morgan fingerprint density at radius 2 is 2.21 bits per heavy atom. The number of ether oxygens (including phenoxy) is 1. The maximum atomic E-state index is 12.6. The molecule has 0 bridgehead atoms. The zero-order chi connectivity index (χ0) is 17.9. The Balaban J connectivity index is 2.40. The molecule has 1 aromatic carbocycles. The van der Waals surface area contributed by atoms with Crippen LogP contribution < -0.4 is 0 Å². The van der Waals surface area contributed by atoms with Gasteiger partial charge in [0.05, 0.1) is 12.2 Å². The second kappa shape index (κ2) is 8.00. The first-order valence-corrected chi connectivity index (χ1v) is 9.02. The molecule has 130 valence electrons. The smallest absolute Gasteiger partial charge is 0.317 e. The van der Waals surface area contributed by atoms with Crippen LogP contribution in [0.1, 0.15) is 25.3 Å². The van der Waals surface area contributed by atoms with Gasteiger partial charge in [-0.2, -0.15) is 0 Å². The molecule has 4 nitrogen and oxygen atoms in total. The van der Waals surface area contributed by atoms with E-state index in [2.05, 4.69) is 15.9 Å². The molecule has 1 fully saturated rings. The van der Waals surface area contributed by atoms with E-state index in [1.54, 1.807) is 25.1 Å². The Kier molecular flexibility index (Phi) is 6.48. The fourth-order valence-corrected chi connectivity index (χ4v) is 3.79. The molecule has 0 aliphatic heterocycles. The Bertz CT molecular complexity index is 672. The van der Waals surface area contributed by atoms with Crippen molar-refractivity contribution in [3.8, 4) is 0 Å². The van der Waals surface area contributed by atoms with E-state index in [1.807, 2.05) is 6.07 Å². The van der Waals surface area contributed by atoms with E-state index in [9.17, 15) is 14.7 Å². The maximum absolute atomic E-state index is 12.6. The lowest BCUT2D eigenvalue weighted by atomic mass is 9.68. The fraction of sp³-hybridized carbons (Fsp3) is 0.412. The van der Waals surface area contributed by atoms with Gasteiger partial charge in [0.15, 0.2) is 5.78 Å². The van der Waals surface area contributed by atoms with E-state index in [0.717, 1.165) is 4.47 Å². The van der Waals surface area contributed by atoms with Crippen LogP contribution >= 0.6 is 39.1 Å². The van der Waals surface area contributed by atoms with Crippen molar-refractivity contribution >= 4 is 50.9 Å². The molecule has 24 heavy (non-hydrogen) atoms. The number of esters is 1. The minimum absolute atomic E-state index is 0.0550. The van der Waals surface area contributed by atoms with Gasteiger partial charge in [-0.3, -0.25) is 9.59 Å². The number of allylic oxidation sites excluding steroid dienone is 1. The summed E-state index contributed by atoms with van der Waals surface area (Å²) in [5.74, 6) is -2.66. The Morgan fingerprint density at radius 1 is 1.50 bits per heavy atom. The van der Waals surface area contributed by atoms with E-state index in [1.165, 1.54) is 6.08 Å². The van der Waals surface area contributed by atoms with Gasteiger partial charge in [-0.05, 0) is 37.1 Å². The molecule has 1 aliphatic rings. The molecular formula is C17H17BrCl2O4. The molecule has 1 saturated carbocycles. The lowest BCUT2D eigenvalue weighted by Gasteiger charge is -2.39. The number of hydrogen-bond acceptors (Lipinski definition) is 4. The summed E-state index contributed by atoms with van der Waals surface area (Å²) in [6.07, 6.45) is 1.39. The van der Waals surface area contributed by atoms with Gasteiger partial charge in [0, 0.05) is 16.8 Å². The van der Waals surface area contributed by atoms with Crippen molar-refractivity contribution in [3.05, 3.63) is 44.9 Å². The monoisotopic (exact) mass is 434 g/mol. The van der Waals surface area contributed by atoms with Gasteiger partial charge in [-0.1, -0.05) is 51.3 Å². The molecule has 0 amide bonds. The molecular weight excluding hydrogens is 419 g/mol. The van der Waals surface area contributed by atoms with Crippen molar-refractivity contribution < 1.29 is 19.4 Å². The number of benzene rings is 1. The van der Waals surface area contributed by atoms with Gasteiger partial charge in [-0.15, -0.1) is 0 Å². The molecule has 0 saturated heterocycles. The lowest BCUT2D eigenvalue weighted by Crippen LogP contribution is -2.45. The zero-order valence-electron chi connectivity index (χ0n) is 13.0. The summed E-state index contributed by atoms with van der Waals surface area (Å²) < 4.78 is 5.73. The molecule has 0 radical (unpaired) electrons. The van der Waals surface area contributed by atoms with Crippen LogP contribution in [0.25, 0.3) is 0 Å². The van der Waals surface area contributed by atoms with Crippen molar-refractivity contribution in [2.75, 3.05) is 6.61 Å². The van der Waals surface area contributed by atoms with Crippen molar-refractivity contribution in [2.45, 2.75) is 25.4 Å². The quantitative estimate of drug-likeness (QED) is 0.570. The molecule has 0 spiro atoms. The molecule has 1 aromatic rings. The van der Waals surface area contributed by atoms with E-state index in [4.69, 9.17) is 27.9 Å². The summed E-state index contributed by atoms with van der Waals surface area (Å²) in [5.41, 5.74) is -0.800. The topological polar surface area (TPSA) is 63.6 Å². The third-order valence-corrected chi connectivity index (χ3v) is 4.80. The third-order valence-electron chi connectivity index (χ3n) is 4.06. The molecule has 0 unspecified atom stereocenters. The van der Waals surface area contributed by atoms with E-state index in [0.29, 0.717) is 5.56 Å². The van der Waals surface area contributed by atoms with Crippen molar-refractivity contribution in [1.82, 2.24) is 0 Å². The predicted octanol–water partition coefficient (Wildman–Crippen LogP) is 4.11. The summed E-state index contributed by atoms with van der Waals surface area (Å²) in [4.78, 5) is 24.7. The highest BCUT2D eigenvalue weighted by Gasteiger charge is 2.48. The minimum atomic E-state index is -1.39. The number of aliphatic hydroxyl groups is 1. The summed E-state index contributed by atoms with van der Waals surface area (Å²) in [6.45, 7) is 1.84. The van der Waals surface area contributed by atoms with Crippen LogP contribution in [-0.2, 0) is 19.9 Å². The molecule has 1 N–H and O–H groups in total. The average Bonchev–Trinajstić information content (AvgIpc) is 2.46. The molecule has 2 rings (SSSR count). The first-order valence-electron chi connectivity index (χ1n) is 7.47. The maximum Gasteiger partial charge on any atom is 0.317 e. The van der Waals surface area contributed by atoms with Crippen LogP contribution in [0.2, 0.25) is 0 Å². The second-order valence-corrected chi connectivity index (χ2v) is 7.66. The van der Waals surface area contributed by atoms with Gasteiger partial charge >= 0.3 is 5.97 Å². The zero-order valence-corrected chi connectivity index (χ0v) is 16.1. The van der Waals surface area contributed by atoms with E-state index >= 15 is 0 Å². The number of hydrogen-bond donors (Lipinski definition) is 1. The molecule has 0 heterocycles. The van der Waals surface area contributed by atoms with Crippen LogP contribution in [0.5, 0.6) is 0 Å². The number of ketones is 1. The Labute approximate surface area is 158 Å². The lowest BCUT2D eigenvalue weighted by molar-refractivity contribution is -0.159. The van der Waals surface area contributed by atoms with Crippen LogP contribution in [0.3, 0.4) is 0 Å². The van der Waals surface area contributed by atoms with Crippen molar-refractivity contribution in [1.29, 1.82) is 0 Å². The third kappa shape index (κ3) is 4.39. The van der Waals surface area contributed by atoms with Gasteiger partial charge in [0.2, 0.25) is 0 Å². The highest BCUT2D eigenvalue weighted by Crippen LogP contribution is 2.43. The van der Waals surface area contributed by atoms with Crippen LogP contribution in [-0.4, -0.2) is 23.5 Å². The number of halogens is 3.